The molecule has 0 heterocycles. The van der Waals surface area contributed by atoms with Gasteiger partial charge in [-0.3, -0.25) is 4.79 Å². The second-order valence-electron chi connectivity index (χ2n) is 4.40. The minimum absolute atomic E-state index is 0.0448. The predicted octanol–water partition coefficient (Wildman–Crippen LogP) is 2.71. The highest BCUT2D eigenvalue weighted by Crippen LogP contribution is 2.42. The number of benzene rings is 1. The van der Waals surface area contributed by atoms with Crippen LogP contribution in [0.2, 0.25) is 0 Å². The molecule has 0 aromatic heterocycles. The van der Waals surface area contributed by atoms with E-state index in [1.807, 2.05) is 0 Å². The molecule has 2 nitrogen and oxygen atoms in total. The van der Waals surface area contributed by atoms with Gasteiger partial charge in [0.1, 0.15) is 11.6 Å². The number of esters is 1. The molecule has 1 fully saturated rings. The van der Waals surface area contributed by atoms with Crippen LogP contribution in [0.4, 0.5) is 8.78 Å². The fourth-order valence-electron chi connectivity index (χ4n) is 2.08. The molecule has 4 heteroatoms. The molecule has 1 aromatic rings. The Morgan fingerprint density at radius 3 is 2.94 bits per heavy atom. The normalized spacial score (nSPS) is 22.3. The molecule has 1 aromatic carbocycles. The van der Waals surface area contributed by atoms with E-state index in [1.165, 1.54) is 13.2 Å². The Hall–Kier alpha value is -1.45. The van der Waals surface area contributed by atoms with E-state index < -0.39 is 5.82 Å². The predicted molar refractivity (Wildman–Crippen MR) is 58.3 cm³/mol. The summed E-state index contributed by atoms with van der Waals surface area (Å²) in [7, 11) is 1.37. The summed E-state index contributed by atoms with van der Waals surface area (Å²) >= 11 is 0. The summed E-state index contributed by atoms with van der Waals surface area (Å²) in [5, 5.41) is 0. The number of halogens is 2. The Kier molecular flexibility index (Phi) is 3.41. The Bertz CT molecular complexity index is 431. The third-order valence-corrected chi connectivity index (χ3v) is 3.22. The maximum Gasteiger partial charge on any atom is 0.308 e. The topological polar surface area (TPSA) is 26.3 Å². The van der Waals surface area contributed by atoms with E-state index in [-0.39, 0.29) is 23.6 Å². The van der Waals surface area contributed by atoms with Crippen LogP contribution in [0.5, 0.6) is 0 Å². The summed E-state index contributed by atoms with van der Waals surface area (Å²) in [6, 6.07) is 3.45. The first-order valence-corrected chi connectivity index (χ1v) is 5.63. The van der Waals surface area contributed by atoms with E-state index in [1.54, 1.807) is 0 Å². The molecule has 92 valence electrons. The first kappa shape index (κ1) is 12.0. The lowest BCUT2D eigenvalue weighted by molar-refractivity contribution is -0.142. The number of carbonyl (C=O) groups excluding carboxylic acids is 1. The van der Waals surface area contributed by atoms with Gasteiger partial charge in [0.25, 0.3) is 0 Å². The van der Waals surface area contributed by atoms with Gasteiger partial charge in [-0.1, -0.05) is 0 Å². The van der Waals surface area contributed by atoms with Crippen molar-refractivity contribution < 1.29 is 18.3 Å². The van der Waals surface area contributed by atoms with Gasteiger partial charge in [0.2, 0.25) is 0 Å². The fraction of sp³-hybridized carbons (Fsp3) is 0.462. The average molecular weight is 240 g/mol. The van der Waals surface area contributed by atoms with Gasteiger partial charge >= 0.3 is 5.97 Å². The van der Waals surface area contributed by atoms with Crippen molar-refractivity contribution in [1.29, 1.82) is 0 Å². The Morgan fingerprint density at radius 2 is 2.24 bits per heavy atom. The molecular formula is C13H14F2O2. The van der Waals surface area contributed by atoms with E-state index >= 15 is 0 Å². The number of carbonyl (C=O) groups is 1. The molecule has 0 saturated heterocycles. The van der Waals surface area contributed by atoms with Gasteiger partial charge in [-0.15, -0.1) is 0 Å². The smallest absolute Gasteiger partial charge is 0.308 e. The van der Waals surface area contributed by atoms with Crippen LogP contribution in [0.3, 0.4) is 0 Å². The van der Waals surface area contributed by atoms with Crippen LogP contribution in [-0.4, -0.2) is 13.1 Å². The monoisotopic (exact) mass is 240 g/mol. The number of hydrogen-bond acceptors (Lipinski definition) is 2. The van der Waals surface area contributed by atoms with Crippen molar-refractivity contribution in [3.05, 3.63) is 35.4 Å². The SMILES string of the molecule is COC(=O)C1CC1CCc1cc(F)ccc1F. The zero-order chi connectivity index (χ0) is 12.4. The number of methoxy groups -OCH3 is 1. The van der Waals surface area contributed by atoms with E-state index in [0.29, 0.717) is 18.4 Å². The van der Waals surface area contributed by atoms with Gasteiger partial charge in [-0.2, -0.15) is 0 Å². The molecule has 2 unspecified atom stereocenters. The number of hydrogen-bond donors (Lipinski definition) is 0. The van der Waals surface area contributed by atoms with Crippen molar-refractivity contribution in [2.45, 2.75) is 19.3 Å². The van der Waals surface area contributed by atoms with Gasteiger partial charge in [-0.05, 0) is 48.9 Å². The van der Waals surface area contributed by atoms with E-state index in [2.05, 4.69) is 4.74 Å². The molecule has 2 rings (SSSR count). The van der Waals surface area contributed by atoms with Crippen LogP contribution in [-0.2, 0) is 16.0 Å². The van der Waals surface area contributed by atoms with Crippen LogP contribution < -0.4 is 0 Å². The quantitative estimate of drug-likeness (QED) is 0.756. The second-order valence-corrected chi connectivity index (χ2v) is 4.40. The molecule has 1 aliphatic carbocycles. The first-order chi connectivity index (χ1) is 8.11. The number of ether oxygens (including phenoxy) is 1. The van der Waals surface area contributed by atoms with Gasteiger partial charge in [0.15, 0.2) is 0 Å². The molecule has 2 atom stereocenters. The molecule has 1 aliphatic rings. The molecular weight excluding hydrogens is 226 g/mol. The average Bonchev–Trinajstić information content (AvgIpc) is 3.09. The third-order valence-electron chi connectivity index (χ3n) is 3.22. The summed E-state index contributed by atoms with van der Waals surface area (Å²) < 4.78 is 30.8. The van der Waals surface area contributed by atoms with Gasteiger partial charge in [0, 0.05) is 0 Å². The van der Waals surface area contributed by atoms with Crippen molar-refractivity contribution in [1.82, 2.24) is 0 Å². The molecule has 1 saturated carbocycles. The molecule has 0 spiro atoms. The van der Waals surface area contributed by atoms with Crippen molar-refractivity contribution in [2.75, 3.05) is 7.11 Å². The fourth-order valence-corrected chi connectivity index (χ4v) is 2.08. The summed E-state index contributed by atoms with van der Waals surface area (Å²) in [4.78, 5) is 11.2. The lowest BCUT2D eigenvalue weighted by Crippen LogP contribution is -2.05. The van der Waals surface area contributed by atoms with Crippen LogP contribution in [0.15, 0.2) is 18.2 Å². The Labute approximate surface area is 98.6 Å². The molecule has 0 amide bonds. The maximum atomic E-state index is 13.3. The second kappa shape index (κ2) is 4.82. The van der Waals surface area contributed by atoms with E-state index in [4.69, 9.17) is 0 Å². The van der Waals surface area contributed by atoms with Gasteiger partial charge < -0.3 is 4.74 Å². The van der Waals surface area contributed by atoms with Crippen molar-refractivity contribution in [3.63, 3.8) is 0 Å². The van der Waals surface area contributed by atoms with E-state index in [9.17, 15) is 13.6 Å². The van der Waals surface area contributed by atoms with Gasteiger partial charge in [0.05, 0.1) is 13.0 Å². The maximum absolute atomic E-state index is 13.3. The molecule has 0 bridgehead atoms. The van der Waals surface area contributed by atoms with Crippen molar-refractivity contribution in [3.8, 4) is 0 Å². The van der Waals surface area contributed by atoms with Crippen LogP contribution in [0.25, 0.3) is 0 Å². The highest BCUT2D eigenvalue weighted by molar-refractivity contribution is 5.75. The van der Waals surface area contributed by atoms with E-state index in [0.717, 1.165) is 18.6 Å². The minimum atomic E-state index is -0.429. The highest BCUT2D eigenvalue weighted by Gasteiger charge is 2.43. The van der Waals surface area contributed by atoms with Crippen LogP contribution in [0, 0.1) is 23.5 Å². The number of aryl methyl sites for hydroxylation is 1. The zero-order valence-corrected chi connectivity index (χ0v) is 9.58. The standard InChI is InChI=1S/C13H14F2O2/c1-17-13(16)11-7-8(11)2-3-9-6-10(14)4-5-12(9)15/h4-6,8,11H,2-3,7H2,1H3. The van der Waals surface area contributed by atoms with Crippen molar-refractivity contribution >= 4 is 5.97 Å². The van der Waals surface area contributed by atoms with Crippen LogP contribution in [0.1, 0.15) is 18.4 Å². The molecule has 0 radical (unpaired) electrons. The summed E-state index contributed by atoms with van der Waals surface area (Å²) in [6.07, 6.45) is 1.95. The molecule has 0 N–H and O–H groups in total. The Balaban J connectivity index is 1.87. The lowest BCUT2D eigenvalue weighted by Gasteiger charge is -2.03. The lowest BCUT2D eigenvalue weighted by atomic mass is 10.1. The first-order valence-electron chi connectivity index (χ1n) is 5.63. The Morgan fingerprint density at radius 1 is 1.47 bits per heavy atom. The highest BCUT2D eigenvalue weighted by atomic mass is 19.1. The van der Waals surface area contributed by atoms with Crippen LogP contribution >= 0.6 is 0 Å². The van der Waals surface area contributed by atoms with Crippen molar-refractivity contribution in [2.24, 2.45) is 11.8 Å². The largest absolute Gasteiger partial charge is 0.469 e. The summed E-state index contributed by atoms with van der Waals surface area (Å²) in [5.41, 5.74) is 0.375. The summed E-state index contributed by atoms with van der Waals surface area (Å²) in [5.74, 6) is -0.806. The zero-order valence-electron chi connectivity index (χ0n) is 9.58. The summed E-state index contributed by atoms with van der Waals surface area (Å²) in [6.45, 7) is 0. The number of rotatable bonds is 4. The molecule has 17 heavy (non-hydrogen) atoms. The minimum Gasteiger partial charge on any atom is -0.469 e. The van der Waals surface area contributed by atoms with Gasteiger partial charge in [-0.25, -0.2) is 8.78 Å². The third kappa shape index (κ3) is 2.81. The molecule has 0 aliphatic heterocycles.